The van der Waals surface area contributed by atoms with Gasteiger partial charge in [0.1, 0.15) is 5.88 Å². The van der Waals surface area contributed by atoms with Gasteiger partial charge in [0.15, 0.2) is 12.4 Å². The van der Waals surface area contributed by atoms with E-state index < -0.39 is 4.92 Å². The summed E-state index contributed by atoms with van der Waals surface area (Å²) < 4.78 is 10.4. The monoisotopic (exact) mass is 269 g/mol. The molecular formula is C10H8ClN3O4. The lowest BCUT2D eigenvalue weighted by Crippen LogP contribution is -1.99. The Balaban J connectivity index is 2.08. The second-order valence-electron chi connectivity index (χ2n) is 3.24. The molecule has 18 heavy (non-hydrogen) atoms. The molecule has 0 radical (unpaired) electrons. The van der Waals surface area contributed by atoms with Gasteiger partial charge >= 0.3 is 5.69 Å². The largest absolute Gasteiger partial charge is 0.477 e. The number of nitro benzene ring substituents is 1. The number of halogens is 1. The topological polar surface area (TPSA) is 91.3 Å². The fourth-order valence-corrected chi connectivity index (χ4v) is 1.38. The highest BCUT2D eigenvalue weighted by Gasteiger charge is 2.14. The number of para-hydroxylation sites is 2. The molecular weight excluding hydrogens is 262 g/mol. The summed E-state index contributed by atoms with van der Waals surface area (Å²) in [4.78, 5) is 10.2. The van der Waals surface area contributed by atoms with Crippen molar-refractivity contribution in [3.8, 4) is 5.75 Å². The van der Waals surface area contributed by atoms with Gasteiger partial charge in [-0.25, -0.2) is 0 Å². The molecule has 0 amide bonds. The zero-order valence-corrected chi connectivity index (χ0v) is 9.83. The van der Waals surface area contributed by atoms with Gasteiger partial charge in [-0.1, -0.05) is 12.1 Å². The van der Waals surface area contributed by atoms with Crippen LogP contribution in [0.15, 0.2) is 28.7 Å². The van der Waals surface area contributed by atoms with E-state index in [1.165, 1.54) is 12.1 Å². The summed E-state index contributed by atoms with van der Waals surface area (Å²) >= 11 is 5.50. The first kappa shape index (κ1) is 12.3. The molecule has 0 atom stereocenters. The molecule has 0 N–H and O–H groups in total. The van der Waals surface area contributed by atoms with Crippen molar-refractivity contribution in [3.63, 3.8) is 0 Å². The standard InChI is InChI=1S/C10H8ClN3O4/c11-5-9-12-13-10(18-9)6-17-8-4-2-1-3-7(8)14(15)16/h1-4H,5-6H2. The molecule has 2 aromatic rings. The van der Waals surface area contributed by atoms with Gasteiger partial charge in [-0.2, -0.15) is 0 Å². The normalized spacial score (nSPS) is 10.3. The average Bonchev–Trinajstić information content (AvgIpc) is 2.84. The van der Waals surface area contributed by atoms with Crippen LogP contribution in [0, 0.1) is 10.1 Å². The summed E-state index contributed by atoms with van der Waals surface area (Å²) in [6.45, 7) is -0.0469. The molecule has 1 aromatic heterocycles. The van der Waals surface area contributed by atoms with Gasteiger partial charge in [0.25, 0.3) is 5.89 Å². The van der Waals surface area contributed by atoms with Gasteiger partial charge < -0.3 is 9.15 Å². The lowest BCUT2D eigenvalue weighted by Gasteiger charge is -2.03. The first-order valence-corrected chi connectivity index (χ1v) is 5.47. The van der Waals surface area contributed by atoms with Crippen molar-refractivity contribution in [2.45, 2.75) is 12.5 Å². The van der Waals surface area contributed by atoms with Crippen LogP contribution < -0.4 is 4.74 Å². The second-order valence-corrected chi connectivity index (χ2v) is 3.50. The van der Waals surface area contributed by atoms with E-state index in [4.69, 9.17) is 20.8 Å². The van der Waals surface area contributed by atoms with Crippen LogP contribution >= 0.6 is 11.6 Å². The molecule has 0 bridgehead atoms. The number of hydrogen-bond donors (Lipinski definition) is 0. The van der Waals surface area contributed by atoms with E-state index in [0.29, 0.717) is 0 Å². The van der Waals surface area contributed by atoms with Gasteiger partial charge in [-0.15, -0.1) is 21.8 Å². The van der Waals surface area contributed by atoms with Crippen molar-refractivity contribution in [3.05, 3.63) is 46.2 Å². The van der Waals surface area contributed by atoms with Gasteiger partial charge in [0.05, 0.1) is 4.92 Å². The molecule has 0 fully saturated rings. The fraction of sp³-hybridized carbons (Fsp3) is 0.200. The smallest absolute Gasteiger partial charge is 0.310 e. The van der Waals surface area contributed by atoms with Gasteiger partial charge in [-0.3, -0.25) is 10.1 Å². The van der Waals surface area contributed by atoms with Gasteiger partial charge in [0, 0.05) is 6.07 Å². The number of nitrogens with zero attached hydrogens (tertiary/aromatic N) is 3. The number of ether oxygens (including phenoxy) is 1. The van der Waals surface area contributed by atoms with Crippen LogP contribution in [-0.2, 0) is 12.5 Å². The first-order valence-electron chi connectivity index (χ1n) is 4.94. The van der Waals surface area contributed by atoms with Crippen molar-refractivity contribution in [1.29, 1.82) is 0 Å². The van der Waals surface area contributed by atoms with Crippen molar-refractivity contribution >= 4 is 17.3 Å². The minimum atomic E-state index is -0.520. The summed E-state index contributed by atoms with van der Waals surface area (Å²) in [6, 6.07) is 6.05. The number of hydrogen-bond acceptors (Lipinski definition) is 6. The van der Waals surface area contributed by atoms with Crippen LogP contribution in [0.25, 0.3) is 0 Å². The molecule has 0 aliphatic rings. The van der Waals surface area contributed by atoms with E-state index >= 15 is 0 Å². The quantitative estimate of drug-likeness (QED) is 0.470. The lowest BCUT2D eigenvalue weighted by molar-refractivity contribution is -0.386. The third-order valence-corrected chi connectivity index (χ3v) is 2.26. The van der Waals surface area contributed by atoms with E-state index in [1.807, 2.05) is 0 Å². The number of nitro groups is 1. The van der Waals surface area contributed by atoms with Crippen molar-refractivity contribution in [2.24, 2.45) is 0 Å². The predicted octanol–water partition coefficient (Wildman–Crippen LogP) is 2.30. The molecule has 0 saturated carbocycles. The number of rotatable bonds is 5. The maximum absolute atomic E-state index is 10.7. The molecule has 0 spiro atoms. The Hall–Kier alpha value is -2.15. The van der Waals surface area contributed by atoms with E-state index in [-0.39, 0.29) is 35.7 Å². The van der Waals surface area contributed by atoms with Crippen LogP contribution in [0.1, 0.15) is 11.8 Å². The maximum Gasteiger partial charge on any atom is 0.310 e. The molecule has 94 valence electrons. The number of alkyl halides is 1. The zero-order chi connectivity index (χ0) is 13.0. The average molecular weight is 270 g/mol. The summed E-state index contributed by atoms with van der Waals surface area (Å²) in [5.41, 5.74) is -0.116. The Labute approximate surface area is 106 Å². The third-order valence-electron chi connectivity index (χ3n) is 2.04. The van der Waals surface area contributed by atoms with Gasteiger partial charge in [-0.05, 0) is 6.07 Å². The van der Waals surface area contributed by atoms with E-state index in [0.717, 1.165) is 0 Å². The maximum atomic E-state index is 10.7. The Morgan fingerprint density at radius 1 is 1.33 bits per heavy atom. The minimum absolute atomic E-state index is 0.0469. The van der Waals surface area contributed by atoms with Crippen molar-refractivity contribution in [1.82, 2.24) is 10.2 Å². The van der Waals surface area contributed by atoms with Crippen molar-refractivity contribution < 1.29 is 14.1 Å². The Bertz CT molecular complexity index is 558. The van der Waals surface area contributed by atoms with Crippen molar-refractivity contribution in [2.75, 3.05) is 0 Å². The van der Waals surface area contributed by atoms with E-state index in [9.17, 15) is 10.1 Å². The first-order chi connectivity index (χ1) is 8.70. The summed E-state index contributed by atoms with van der Waals surface area (Å²) in [5, 5.41) is 18.1. The molecule has 0 aliphatic heterocycles. The molecule has 0 saturated heterocycles. The SMILES string of the molecule is O=[N+]([O-])c1ccccc1OCc1nnc(CCl)o1. The summed E-state index contributed by atoms with van der Waals surface area (Å²) in [6.07, 6.45) is 0. The van der Waals surface area contributed by atoms with E-state index in [2.05, 4.69) is 10.2 Å². The molecule has 1 aromatic carbocycles. The summed E-state index contributed by atoms with van der Waals surface area (Å²) in [5.74, 6) is 0.744. The van der Waals surface area contributed by atoms with Crippen LogP contribution in [0.4, 0.5) is 5.69 Å². The summed E-state index contributed by atoms with van der Waals surface area (Å²) in [7, 11) is 0. The van der Waals surface area contributed by atoms with Crippen LogP contribution in [0.3, 0.4) is 0 Å². The Morgan fingerprint density at radius 2 is 2.06 bits per heavy atom. The number of benzene rings is 1. The van der Waals surface area contributed by atoms with Crippen LogP contribution in [0.5, 0.6) is 5.75 Å². The second kappa shape index (κ2) is 5.46. The third kappa shape index (κ3) is 2.75. The van der Waals surface area contributed by atoms with Crippen LogP contribution in [-0.4, -0.2) is 15.1 Å². The highest BCUT2D eigenvalue weighted by Crippen LogP contribution is 2.26. The lowest BCUT2D eigenvalue weighted by atomic mass is 10.3. The molecule has 0 aliphatic carbocycles. The predicted molar refractivity (Wildman–Crippen MR) is 61.3 cm³/mol. The zero-order valence-electron chi connectivity index (χ0n) is 9.08. The Morgan fingerprint density at radius 3 is 2.72 bits per heavy atom. The van der Waals surface area contributed by atoms with E-state index in [1.54, 1.807) is 12.1 Å². The molecule has 1 heterocycles. The number of aromatic nitrogens is 2. The molecule has 7 nitrogen and oxygen atoms in total. The highest BCUT2D eigenvalue weighted by molar-refractivity contribution is 6.16. The molecule has 2 rings (SSSR count). The highest BCUT2D eigenvalue weighted by atomic mass is 35.5. The molecule has 0 unspecified atom stereocenters. The molecule has 8 heteroatoms. The minimum Gasteiger partial charge on any atom is -0.477 e. The Kier molecular flexibility index (Phi) is 3.73. The van der Waals surface area contributed by atoms with Gasteiger partial charge in [0.2, 0.25) is 5.89 Å². The van der Waals surface area contributed by atoms with Crippen LogP contribution in [0.2, 0.25) is 0 Å². The fourth-order valence-electron chi connectivity index (χ4n) is 1.27.